The van der Waals surface area contributed by atoms with E-state index in [-0.39, 0.29) is 5.92 Å². The second kappa shape index (κ2) is 5.99. The van der Waals surface area contributed by atoms with Crippen molar-refractivity contribution in [1.82, 2.24) is 0 Å². The Balaban J connectivity index is 2.78. The molecule has 1 atom stereocenters. The molecule has 0 aromatic heterocycles. The van der Waals surface area contributed by atoms with E-state index in [0.29, 0.717) is 0 Å². The third-order valence-corrected chi connectivity index (χ3v) is 8.36. The summed E-state index contributed by atoms with van der Waals surface area (Å²) in [5, 5.41) is 0.550. The molecule has 21 heavy (non-hydrogen) atoms. The lowest BCUT2D eigenvalue weighted by Gasteiger charge is -2.37. The zero-order valence-corrected chi connectivity index (χ0v) is 13.6. The molecule has 0 spiro atoms. The van der Waals surface area contributed by atoms with Crippen molar-refractivity contribution < 1.29 is 9.36 Å². The Kier molecular flexibility index (Phi) is 4.49. The molecule has 0 fully saturated rings. The number of hydrogen-bond acceptors (Lipinski definition) is 2. The third-order valence-electron chi connectivity index (χ3n) is 4.33. The summed E-state index contributed by atoms with van der Waals surface area (Å²) >= 11 is 0. The van der Waals surface area contributed by atoms with Gasteiger partial charge in [-0.2, -0.15) is 0 Å². The molecule has 0 saturated heterocycles. The van der Waals surface area contributed by atoms with Crippen LogP contribution in [0.5, 0.6) is 0 Å². The monoisotopic (exact) mass is 300 g/mol. The van der Waals surface area contributed by atoms with Crippen molar-refractivity contribution in [2.24, 2.45) is 5.92 Å². The smallest absolute Gasteiger partial charge is 0.155 e. The molecule has 3 heteroatoms. The number of carbonyl (C=O) groups is 1. The largest absolute Gasteiger partial charge is 0.313 e. The van der Waals surface area contributed by atoms with Gasteiger partial charge in [-0.3, -0.25) is 0 Å². The topological polar surface area (TPSA) is 34.1 Å². The standard InChI is InChI=1S/C18H21O2P/c1-15(2)18(3,14-19)21(20,16-10-6-4-7-11-16)17-12-8-5-9-13-17/h4-15H,1-3H3/t18-/m1/s1. The van der Waals surface area contributed by atoms with Crippen molar-refractivity contribution >= 4 is 24.0 Å². The molecule has 0 aliphatic rings. The van der Waals surface area contributed by atoms with Gasteiger partial charge in [0.15, 0.2) is 7.14 Å². The molecule has 110 valence electrons. The maximum Gasteiger partial charge on any atom is 0.155 e. The van der Waals surface area contributed by atoms with Crippen LogP contribution in [-0.2, 0) is 9.36 Å². The molecule has 0 heterocycles. The Labute approximate surface area is 126 Å². The van der Waals surface area contributed by atoms with Crippen molar-refractivity contribution in [2.75, 3.05) is 0 Å². The zero-order chi connectivity index (χ0) is 15.5. The highest BCUT2D eigenvalue weighted by Crippen LogP contribution is 2.58. The van der Waals surface area contributed by atoms with Crippen LogP contribution in [0.4, 0.5) is 0 Å². The summed E-state index contributed by atoms with van der Waals surface area (Å²) < 4.78 is 14.1. The second-order valence-corrected chi connectivity index (χ2v) is 8.99. The van der Waals surface area contributed by atoms with Gasteiger partial charge in [0, 0.05) is 10.6 Å². The number of aldehydes is 1. The van der Waals surface area contributed by atoms with E-state index < -0.39 is 12.3 Å². The Morgan fingerprint density at radius 2 is 1.29 bits per heavy atom. The Morgan fingerprint density at radius 1 is 0.905 bits per heavy atom. The number of carbonyl (C=O) groups excluding carboxylic acids is 1. The van der Waals surface area contributed by atoms with Crippen molar-refractivity contribution in [3.63, 3.8) is 0 Å². The highest BCUT2D eigenvalue weighted by atomic mass is 31.2. The predicted molar refractivity (Wildman–Crippen MR) is 89.1 cm³/mol. The van der Waals surface area contributed by atoms with Crippen LogP contribution in [0.25, 0.3) is 0 Å². The van der Waals surface area contributed by atoms with Crippen molar-refractivity contribution in [2.45, 2.75) is 25.9 Å². The first kappa shape index (κ1) is 15.7. The SMILES string of the molecule is CC(C)[C@@](C)(C=O)P(=O)(c1ccccc1)c1ccccc1. The average Bonchev–Trinajstić information content (AvgIpc) is 2.54. The van der Waals surface area contributed by atoms with Gasteiger partial charge >= 0.3 is 0 Å². The first-order valence-electron chi connectivity index (χ1n) is 7.14. The molecule has 0 unspecified atom stereocenters. The van der Waals surface area contributed by atoms with Crippen LogP contribution in [0, 0.1) is 5.92 Å². The van der Waals surface area contributed by atoms with Crippen LogP contribution >= 0.6 is 7.14 Å². The van der Waals surface area contributed by atoms with Crippen LogP contribution in [0.2, 0.25) is 0 Å². The van der Waals surface area contributed by atoms with E-state index in [9.17, 15) is 9.36 Å². The first-order valence-corrected chi connectivity index (χ1v) is 8.85. The van der Waals surface area contributed by atoms with Crippen LogP contribution < -0.4 is 10.6 Å². The molecule has 0 aliphatic carbocycles. The number of hydrogen-bond donors (Lipinski definition) is 0. The molecule has 0 saturated carbocycles. The van der Waals surface area contributed by atoms with Gasteiger partial charge in [0.2, 0.25) is 0 Å². The van der Waals surface area contributed by atoms with E-state index in [4.69, 9.17) is 0 Å². The average molecular weight is 300 g/mol. The van der Waals surface area contributed by atoms with Crippen molar-refractivity contribution in [3.8, 4) is 0 Å². The van der Waals surface area contributed by atoms with Gasteiger partial charge in [0.05, 0.1) is 5.16 Å². The van der Waals surface area contributed by atoms with E-state index >= 15 is 0 Å². The molecule has 0 N–H and O–H groups in total. The lowest BCUT2D eigenvalue weighted by atomic mass is 9.99. The summed E-state index contributed by atoms with van der Waals surface area (Å²) in [4.78, 5) is 11.9. The fourth-order valence-electron chi connectivity index (χ4n) is 2.56. The van der Waals surface area contributed by atoms with Gasteiger partial charge in [-0.15, -0.1) is 0 Å². The van der Waals surface area contributed by atoms with Gasteiger partial charge in [-0.1, -0.05) is 74.5 Å². The van der Waals surface area contributed by atoms with E-state index in [1.54, 1.807) is 0 Å². The lowest BCUT2D eigenvalue weighted by Crippen LogP contribution is -2.41. The molecule has 0 aliphatic heterocycles. The van der Waals surface area contributed by atoms with Crippen LogP contribution in [0.1, 0.15) is 20.8 Å². The number of rotatable bonds is 5. The zero-order valence-electron chi connectivity index (χ0n) is 12.7. The minimum Gasteiger partial charge on any atom is -0.313 e. The van der Waals surface area contributed by atoms with Crippen molar-refractivity contribution in [3.05, 3.63) is 60.7 Å². The summed E-state index contributed by atoms with van der Waals surface area (Å²) in [6, 6.07) is 18.7. The maximum atomic E-state index is 14.1. The second-order valence-electron chi connectivity index (χ2n) is 5.78. The summed E-state index contributed by atoms with van der Waals surface area (Å²) in [5.74, 6) is -0.0266. The van der Waals surface area contributed by atoms with E-state index in [1.807, 2.05) is 81.4 Å². The quantitative estimate of drug-likeness (QED) is 0.624. The Hall–Kier alpha value is -1.66. The molecule has 2 nitrogen and oxygen atoms in total. The van der Waals surface area contributed by atoms with Crippen molar-refractivity contribution in [1.29, 1.82) is 0 Å². The summed E-state index contributed by atoms with van der Waals surface area (Å²) in [6.45, 7) is 5.71. The molecular formula is C18H21O2P. The molecule has 0 bridgehead atoms. The Bertz CT molecular complexity index is 606. The number of benzene rings is 2. The third kappa shape index (κ3) is 2.49. The molecule has 2 aromatic rings. The molecule has 0 amide bonds. The fourth-order valence-corrected chi connectivity index (χ4v) is 6.03. The van der Waals surface area contributed by atoms with Gasteiger partial charge in [0.1, 0.15) is 6.29 Å². The van der Waals surface area contributed by atoms with Crippen LogP contribution in [0.3, 0.4) is 0 Å². The van der Waals surface area contributed by atoms with Gasteiger partial charge < -0.3 is 9.36 Å². The molecule has 0 radical (unpaired) electrons. The highest BCUT2D eigenvalue weighted by Gasteiger charge is 2.48. The van der Waals surface area contributed by atoms with Gasteiger partial charge in [-0.05, 0) is 12.8 Å². The van der Waals surface area contributed by atoms with Gasteiger partial charge in [-0.25, -0.2) is 0 Å². The molecule has 2 aromatic carbocycles. The molecule has 2 rings (SSSR count). The highest BCUT2D eigenvalue weighted by molar-refractivity contribution is 7.80. The van der Waals surface area contributed by atoms with E-state index in [1.165, 1.54) is 0 Å². The maximum absolute atomic E-state index is 14.1. The minimum atomic E-state index is -3.07. The minimum absolute atomic E-state index is 0.0266. The summed E-state index contributed by atoms with van der Waals surface area (Å²) in [7, 11) is -3.07. The molecular weight excluding hydrogens is 279 g/mol. The van der Waals surface area contributed by atoms with E-state index in [0.717, 1.165) is 16.9 Å². The summed E-state index contributed by atoms with van der Waals surface area (Å²) in [6.07, 6.45) is 0.873. The normalized spacial score (nSPS) is 14.7. The fraction of sp³-hybridized carbons (Fsp3) is 0.278. The van der Waals surface area contributed by atoms with Gasteiger partial charge in [0.25, 0.3) is 0 Å². The van der Waals surface area contributed by atoms with E-state index in [2.05, 4.69) is 0 Å². The van der Waals surface area contributed by atoms with Crippen LogP contribution in [-0.4, -0.2) is 11.4 Å². The Morgan fingerprint density at radius 3 is 1.57 bits per heavy atom. The predicted octanol–water partition coefficient (Wildman–Crippen LogP) is 3.61. The lowest BCUT2D eigenvalue weighted by molar-refractivity contribution is -0.110. The first-order chi connectivity index (χ1) is 9.96. The summed E-state index contributed by atoms with van der Waals surface area (Å²) in [5.41, 5.74) is 0. The van der Waals surface area contributed by atoms with Crippen LogP contribution in [0.15, 0.2) is 60.7 Å².